The Morgan fingerprint density at radius 3 is 2.37 bits per heavy atom. The highest BCUT2D eigenvalue weighted by Crippen LogP contribution is 2.29. The van der Waals surface area contributed by atoms with Crippen molar-refractivity contribution in [1.82, 2.24) is 9.88 Å². The first-order valence-electron chi connectivity index (χ1n) is 10.1. The van der Waals surface area contributed by atoms with E-state index in [1.165, 1.54) is 0 Å². The average molecular weight is 397 g/mol. The van der Waals surface area contributed by atoms with Crippen LogP contribution < -0.4 is 0 Å². The maximum Gasteiger partial charge on any atom is 0.254 e. The Balaban J connectivity index is 1.45. The van der Waals surface area contributed by atoms with Crippen molar-refractivity contribution in [2.75, 3.05) is 13.1 Å². The third kappa shape index (κ3) is 4.24. The van der Waals surface area contributed by atoms with Crippen LogP contribution in [-0.4, -0.2) is 39.6 Å². The van der Waals surface area contributed by atoms with Crippen LogP contribution in [0.3, 0.4) is 0 Å². The summed E-state index contributed by atoms with van der Waals surface area (Å²) in [5.74, 6) is -0.0113. The fourth-order valence-corrected chi connectivity index (χ4v) is 4.00. The molecule has 5 nitrogen and oxygen atoms in total. The largest absolute Gasteiger partial charge is 0.389 e. The van der Waals surface area contributed by atoms with Crippen molar-refractivity contribution in [2.45, 2.75) is 24.9 Å². The lowest BCUT2D eigenvalue weighted by Gasteiger charge is -2.38. The summed E-state index contributed by atoms with van der Waals surface area (Å²) in [7, 11) is 0. The molecule has 1 aromatic heterocycles. The zero-order valence-corrected chi connectivity index (χ0v) is 16.7. The van der Waals surface area contributed by atoms with Gasteiger partial charge in [0.15, 0.2) is 0 Å². The van der Waals surface area contributed by atoms with Crippen LogP contribution in [0.1, 0.15) is 34.3 Å². The Hall–Kier alpha value is -3.49. The predicted octanol–water partition coefficient (Wildman–Crippen LogP) is 3.83. The van der Waals surface area contributed by atoms with Gasteiger partial charge in [-0.05, 0) is 59.9 Å². The van der Waals surface area contributed by atoms with Crippen LogP contribution in [-0.2, 0) is 6.42 Å². The summed E-state index contributed by atoms with van der Waals surface area (Å²) in [6, 6.07) is 20.8. The molecule has 150 valence electrons. The number of amides is 1. The molecule has 3 aromatic rings. The number of pyridine rings is 1. The first-order chi connectivity index (χ1) is 14.6. The Morgan fingerprint density at radius 1 is 1.03 bits per heavy atom. The van der Waals surface area contributed by atoms with E-state index in [-0.39, 0.29) is 5.91 Å². The Kier molecular flexibility index (Phi) is 5.60. The van der Waals surface area contributed by atoms with Crippen LogP contribution in [0, 0.1) is 11.3 Å². The van der Waals surface area contributed by atoms with E-state index in [0.717, 1.165) is 16.7 Å². The van der Waals surface area contributed by atoms with Crippen molar-refractivity contribution in [1.29, 1.82) is 5.26 Å². The van der Waals surface area contributed by atoms with E-state index in [1.54, 1.807) is 24.5 Å². The Bertz CT molecular complexity index is 1060. The summed E-state index contributed by atoms with van der Waals surface area (Å²) in [6.45, 7) is 1.02. The minimum atomic E-state index is -0.838. The predicted molar refractivity (Wildman–Crippen MR) is 115 cm³/mol. The topological polar surface area (TPSA) is 77.2 Å². The number of carbonyl (C=O) groups is 1. The van der Waals surface area contributed by atoms with Gasteiger partial charge in [0.05, 0.1) is 17.2 Å². The first kappa shape index (κ1) is 19.8. The van der Waals surface area contributed by atoms with Gasteiger partial charge in [-0.1, -0.05) is 30.3 Å². The Morgan fingerprint density at radius 2 is 1.70 bits per heavy atom. The van der Waals surface area contributed by atoms with Gasteiger partial charge in [-0.15, -0.1) is 0 Å². The highest BCUT2D eigenvalue weighted by molar-refractivity contribution is 6.00. The molecule has 1 amide bonds. The van der Waals surface area contributed by atoms with Crippen molar-refractivity contribution < 1.29 is 9.90 Å². The van der Waals surface area contributed by atoms with Gasteiger partial charge in [-0.2, -0.15) is 5.26 Å². The maximum atomic E-state index is 13.2. The number of nitriles is 1. The average Bonchev–Trinajstić information content (AvgIpc) is 2.80. The van der Waals surface area contributed by atoms with Gasteiger partial charge in [-0.25, -0.2) is 0 Å². The zero-order valence-electron chi connectivity index (χ0n) is 16.7. The second-order valence-corrected chi connectivity index (χ2v) is 7.78. The molecule has 1 aliphatic rings. The second-order valence-electron chi connectivity index (χ2n) is 7.78. The van der Waals surface area contributed by atoms with Gasteiger partial charge < -0.3 is 10.0 Å². The number of carbonyl (C=O) groups excluding carboxylic acids is 1. The van der Waals surface area contributed by atoms with Gasteiger partial charge in [0.2, 0.25) is 0 Å². The van der Waals surface area contributed by atoms with Crippen molar-refractivity contribution in [2.24, 2.45) is 0 Å². The van der Waals surface area contributed by atoms with Crippen LogP contribution in [0.2, 0.25) is 0 Å². The number of hydrogen-bond acceptors (Lipinski definition) is 4. The van der Waals surface area contributed by atoms with Crippen LogP contribution in [0.25, 0.3) is 11.1 Å². The fraction of sp³-hybridized carbons (Fsp3) is 0.240. The number of nitrogens with zero attached hydrogens (tertiary/aromatic N) is 3. The van der Waals surface area contributed by atoms with Crippen molar-refractivity contribution >= 4 is 5.91 Å². The van der Waals surface area contributed by atoms with Crippen molar-refractivity contribution in [3.05, 3.63) is 89.7 Å². The molecular formula is C25H23N3O2. The summed E-state index contributed by atoms with van der Waals surface area (Å²) in [6.07, 6.45) is 5.02. The summed E-state index contributed by atoms with van der Waals surface area (Å²) in [4.78, 5) is 19.1. The Labute approximate surface area is 176 Å². The number of rotatable bonds is 4. The summed E-state index contributed by atoms with van der Waals surface area (Å²) in [5.41, 5.74) is 3.29. The minimum absolute atomic E-state index is 0.0113. The quantitative estimate of drug-likeness (QED) is 0.726. The molecule has 1 fully saturated rings. The van der Waals surface area contributed by atoms with E-state index in [4.69, 9.17) is 5.26 Å². The van der Waals surface area contributed by atoms with Gasteiger partial charge in [0.25, 0.3) is 5.91 Å². The van der Waals surface area contributed by atoms with Crippen molar-refractivity contribution in [3.63, 3.8) is 0 Å². The van der Waals surface area contributed by atoms with Gasteiger partial charge in [0.1, 0.15) is 0 Å². The molecule has 0 unspecified atom stereocenters. The maximum absolute atomic E-state index is 13.2. The molecule has 0 spiro atoms. The van der Waals surface area contributed by atoms with Gasteiger partial charge in [-0.3, -0.25) is 9.78 Å². The summed E-state index contributed by atoms with van der Waals surface area (Å²) >= 11 is 0. The standard InChI is InChI=1S/C25H23N3O2/c26-18-20-7-5-19(6-8-20)17-25(30)11-15-28(16-12-25)24(29)23-4-2-1-3-22(23)21-9-13-27-14-10-21/h1-10,13-14,30H,11-12,15-17H2. The second kappa shape index (κ2) is 8.48. The number of piperidine rings is 1. The van der Waals surface area contributed by atoms with Gasteiger partial charge in [0, 0.05) is 37.5 Å². The highest BCUT2D eigenvalue weighted by Gasteiger charge is 2.34. The zero-order chi connectivity index (χ0) is 21.0. The lowest BCUT2D eigenvalue weighted by Crippen LogP contribution is -2.47. The number of likely N-dealkylation sites (tertiary alicyclic amines) is 1. The number of hydrogen-bond donors (Lipinski definition) is 1. The van der Waals surface area contributed by atoms with Crippen LogP contribution >= 0.6 is 0 Å². The van der Waals surface area contributed by atoms with E-state index in [9.17, 15) is 9.90 Å². The molecule has 2 heterocycles. The van der Waals surface area contributed by atoms with E-state index < -0.39 is 5.60 Å². The van der Waals surface area contributed by atoms with E-state index in [0.29, 0.717) is 43.5 Å². The molecule has 2 aromatic carbocycles. The monoisotopic (exact) mass is 397 g/mol. The fourth-order valence-electron chi connectivity index (χ4n) is 4.00. The molecule has 0 aliphatic carbocycles. The number of aromatic nitrogens is 1. The third-order valence-electron chi connectivity index (χ3n) is 5.75. The molecule has 4 rings (SSSR count). The minimum Gasteiger partial charge on any atom is -0.389 e. The van der Waals surface area contributed by atoms with Crippen LogP contribution in [0.4, 0.5) is 0 Å². The van der Waals surface area contributed by atoms with Gasteiger partial charge >= 0.3 is 0 Å². The lowest BCUT2D eigenvalue weighted by molar-refractivity contribution is -0.0162. The van der Waals surface area contributed by atoms with E-state index in [2.05, 4.69) is 11.1 Å². The molecule has 0 radical (unpaired) electrons. The summed E-state index contributed by atoms with van der Waals surface area (Å²) < 4.78 is 0. The number of benzene rings is 2. The molecule has 0 saturated carbocycles. The molecular weight excluding hydrogens is 374 g/mol. The normalized spacial score (nSPS) is 15.4. The highest BCUT2D eigenvalue weighted by atomic mass is 16.3. The molecule has 1 aliphatic heterocycles. The summed E-state index contributed by atoms with van der Waals surface area (Å²) in [5, 5.41) is 20.0. The van der Waals surface area contributed by atoms with Crippen LogP contribution in [0.15, 0.2) is 73.1 Å². The van der Waals surface area contributed by atoms with E-state index >= 15 is 0 Å². The van der Waals surface area contributed by atoms with E-state index in [1.807, 2.05) is 53.4 Å². The van der Waals surface area contributed by atoms with Crippen molar-refractivity contribution in [3.8, 4) is 17.2 Å². The SMILES string of the molecule is N#Cc1ccc(CC2(O)CCN(C(=O)c3ccccc3-c3ccncc3)CC2)cc1. The molecule has 0 bridgehead atoms. The first-order valence-corrected chi connectivity index (χ1v) is 10.1. The molecule has 0 atom stereocenters. The molecule has 1 saturated heterocycles. The molecule has 1 N–H and O–H groups in total. The lowest BCUT2D eigenvalue weighted by atomic mass is 9.85. The number of aliphatic hydroxyl groups is 1. The smallest absolute Gasteiger partial charge is 0.254 e. The van der Waals surface area contributed by atoms with Crippen LogP contribution in [0.5, 0.6) is 0 Å². The molecule has 30 heavy (non-hydrogen) atoms. The molecule has 5 heteroatoms. The third-order valence-corrected chi connectivity index (χ3v) is 5.75.